The number of carbonyl (C=O) groups excluding carboxylic acids is 2. The highest BCUT2D eigenvalue weighted by Gasteiger charge is 2.29. The van der Waals surface area contributed by atoms with Crippen LogP contribution in [0.15, 0.2) is 60.7 Å². The molecule has 0 aromatic heterocycles. The number of ether oxygens (including phenoxy) is 1. The average molecular weight is 324 g/mol. The van der Waals surface area contributed by atoms with Gasteiger partial charge in [0.05, 0.1) is 0 Å². The molecule has 0 saturated heterocycles. The molecule has 0 amide bonds. The van der Waals surface area contributed by atoms with E-state index in [1.807, 2.05) is 24.3 Å². The SMILES string of the molecule is CCCCCCC(C(=O)Oc1ccccc1)C(=O)c1ccccc1. The topological polar surface area (TPSA) is 43.4 Å². The highest BCUT2D eigenvalue weighted by molar-refractivity contribution is 6.09. The molecule has 0 fully saturated rings. The van der Waals surface area contributed by atoms with Gasteiger partial charge in [-0.05, 0) is 18.6 Å². The monoisotopic (exact) mass is 324 g/mol. The third kappa shape index (κ3) is 5.34. The Balaban J connectivity index is 2.09. The summed E-state index contributed by atoms with van der Waals surface area (Å²) in [6, 6.07) is 17.9. The van der Waals surface area contributed by atoms with Crippen LogP contribution in [0.4, 0.5) is 0 Å². The summed E-state index contributed by atoms with van der Waals surface area (Å²) in [5, 5.41) is 0. The van der Waals surface area contributed by atoms with Crippen LogP contribution in [0.1, 0.15) is 49.4 Å². The van der Waals surface area contributed by atoms with Crippen molar-refractivity contribution in [3.8, 4) is 5.75 Å². The van der Waals surface area contributed by atoms with Crippen LogP contribution in [0.25, 0.3) is 0 Å². The quantitative estimate of drug-likeness (QED) is 0.213. The van der Waals surface area contributed by atoms with E-state index in [1.165, 1.54) is 0 Å². The Morgan fingerprint density at radius 1 is 0.875 bits per heavy atom. The van der Waals surface area contributed by atoms with Crippen LogP contribution >= 0.6 is 0 Å². The van der Waals surface area contributed by atoms with Crippen molar-refractivity contribution in [2.45, 2.75) is 39.0 Å². The average Bonchev–Trinajstić information content (AvgIpc) is 2.63. The van der Waals surface area contributed by atoms with Gasteiger partial charge in [-0.25, -0.2) is 0 Å². The minimum atomic E-state index is -0.746. The Morgan fingerprint density at radius 2 is 1.50 bits per heavy atom. The first-order valence-corrected chi connectivity index (χ1v) is 8.58. The second-order valence-electron chi connectivity index (χ2n) is 5.87. The molecule has 0 heterocycles. The van der Waals surface area contributed by atoms with E-state index in [0.717, 1.165) is 25.7 Å². The number of benzene rings is 2. The number of rotatable bonds is 9. The molecule has 0 bridgehead atoms. The van der Waals surface area contributed by atoms with Gasteiger partial charge in [0, 0.05) is 5.56 Å². The molecule has 0 radical (unpaired) electrons. The van der Waals surface area contributed by atoms with Gasteiger partial charge in [0.15, 0.2) is 5.78 Å². The molecule has 0 aliphatic rings. The minimum absolute atomic E-state index is 0.159. The van der Waals surface area contributed by atoms with Crippen LogP contribution in [0.3, 0.4) is 0 Å². The van der Waals surface area contributed by atoms with Crippen molar-refractivity contribution in [1.82, 2.24) is 0 Å². The lowest BCUT2D eigenvalue weighted by Crippen LogP contribution is -2.28. The van der Waals surface area contributed by atoms with Crippen molar-refractivity contribution < 1.29 is 14.3 Å². The number of carbonyl (C=O) groups is 2. The fraction of sp³-hybridized carbons (Fsp3) is 0.333. The van der Waals surface area contributed by atoms with E-state index in [9.17, 15) is 9.59 Å². The number of esters is 1. The smallest absolute Gasteiger partial charge is 0.322 e. The molecule has 2 aromatic rings. The molecule has 24 heavy (non-hydrogen) atoms. The first kappa shape index (κ1) is 17.9. The molecule has 126 valence electrons. The molecular formula is C21H24O3. The van der Waals surface area contributed by atoms with Crippen molar-refractivity contribution in [3.05, 3.63) is 66.2 Å². The van der Waals surface area contributed by atoms with E-state index in [2.05, 4.69) is 6.92 Å². The van der Waals surface area contributed by atoms with Gasteiger partial charge in [-0.3, -0.25) is 9.59 Å². The lowest BCUT2D eigenvalue weighted by molar-refractivity contribution is -0.137. The van der Waals surface area contributed by atoms with Gasteiger partial charge in [0.25, 0.3) is 0 Å². The molecule has 0 N–H and O–H groups in total. The highest BCUT2D eigenvalue weighted by Crippen LogP contribution is 2.20. The maximum atomic E-state index is 12.7. The first-order valence-electron chi connectivity index (χ1n) is 8.58. The van der Waals surface area contributed by atoms with E-state index < -0.39 is 11.9 Å². The molecule has 2 rings (SSSR count). The van der Waals surface area contributed by atoms with E-state index in [1.54, 1.807) is 36.4 Å². The number of hydrogen-bond donors (Lipinski definition) is 0. The van der Waals surface area contributed by atoms with Gasteiger partial charge in [0.2, 0.25) is 0 Å². The molecular weight excluding hydrogens is 300 g/mol. The molecule has 1 unspecified atom stereocenters. The zero-order valence-electron chi connectivity index (χ0n) is 14.1. The summed E-state index contributed by atoms with van der Waals surface area (Å²) in [4.78, 5) is 25.3. The summed E-state index contributed by atoms with van der Waals surface area (Å²) >= 11 is 0. The molecule has 3 heteroatoms. The second kappa shape index (κ2) is 9.66. The molecule has 0 aliphatic heterocycles. The second-order valence-corrected chi connectivity index (χ2v) is 5.87. The third-order valence-electron chi connectivity index (χ3n) is 3.97. The predicted molar refractivity (Wildman–Crippen MR) is 95.1 cm³/mol. The summed E-state index contributed by atoms with van der Waals surface area (Å²) in [7, 11) is 0. The summed E-state index contributed by atoms with van der Waals surface area (Å²) in [6.45, 7) is 2.14. The Kier molecular flexibility index (Phi) is 7.21. The Hall–Kier alpha value is -2.42. The third-order valence-corrected chi connectivity index (χ3v) is 3.97. The zero-order valence-corrected chi connectivity index (χ0v) is 14.1. The largest absolute Gasteiger partial charge is 0.426 e. The molecule has 0 aliphatic carbocycles. The van der Waals surface area contributed by atoms with Gasteiger partial charge >= 0.3 is 5.97 Å². The summed E-state index contributed by atoms with van der Waals surface area (Å²) in [6.07, 6.45) is 4.62. The predicted octanol–water partition coefficient (Wildman–Crippen LogP) is 5.06. The molecule has 2 aromatic carbocycles. The van der Waals surface area contributed by atoms with E-state index in [0.29, 0.717) is 17.7 Å². The van der Waals surface area contributed by atoms with Crippen LogP contribution in [0.5, 0.6) is 5.75 Å². The highest BCUT2D eigenvalue weighted by atomic mass is 16.5. The lowest BCUT2D eigenvalue weighted by Gasteiger charge is -2.15. The van der Waals surface area contributed by atoms with Crippen molar-refractivity contribution in [1.29, 1.82) is 0 Å². The zero-order chi connectivity index (χ0) is 17.2. The summed E-state index contributed by atoms with van der Waals surface area (Å²) < 4.78 is 5.42. The molecule has 0 saturated carbocycles. The van der Waals surface area contributed by atoms with Crippen molar-refractivity contribution in [3.63, 3.8) is 0 Å². The maximum Gasteiger partial charge on any atom is 0.322 e. The first-order chi connectivity index (χ1) is 11.7. The minimum Gasteiger partial charge on any atom is -0.426 e. The van der Waals surface area contributed by atoms with Crippen molar-refractivity contribution in [2.24, 2.45) is 5.92 Å². The van der Waals surface area contributed by atoms with Crippen LogP contribution in [-0.4, -0.2) is 11.8 Å². The van der Waals surface area contributed by atoms with Gasteiger partial charge in [-0.2, -0.15) is 0 Å². The maximum absolute atomic E-state index is 12.7. The van der Waals surface area contributed by atoms with E-state index in [-0.39, 0.29) is 5.78 Å². The van der Waals surface area contributed by atoms with Crippen LogP contribution < -0.4 is 4.74 Å². The molecule has 3 nitrogen and oxygen atoms in total. The van der Waals surface area contributed by atoms with Gasteiger partial charge in [-0.1, -0.05) is 81.1 Å². The van der Waals surface area contributed by atoms with E-state index in [4.69, 9.17) is 4.74 Å². The number of para-hydroxylation sites is 1. The van der Waals surface area contributed by atoms with Gasteiger partial charge in [0.1, 0.15) is 11.7 Å². The fourth-order valence-electron chi connectivity index (χ4n) is 2.61. The van der Waals surface area contributed by atoms with Crippen LogP contribution in [0.2, 0.25) is 0 Å². The normalized spacial score (nSPS) is 11.7. The van der Waals surface area contributed by atoms with Crippen LogP contribution in [-0.2, 0) is 4.79 Å². The number of unbranched alkanes of at least 4 members (excludes halogenated alkanes) is 3. The Morgan fingerprint density at radius 3 is 2.12 bits per heavy atom. The Bertz CT molecular complexity index is 635. The lowest BCUT2D eigenvalue weighted by atomic mass is 9.92. The van der Waals surface area contributed by atoms with Crippen LogP contribution in [0, 0.1) is 5.92 Å². The van der Waals surface area contributed by atoms with Gasteiger partial charge < -0.3 is 4.74 Å². The Labute approximate surface area is 143 Å². The number of hydrogen-bond acceptors (Lipinski definition) is 3. The number of ketones is 1. The fourth-order valence-corrected chi connectivity index (χ4v) is 2.61. The summed E-state index contributed by atoms with van der Waals surface area (Å²) in [5.74, 6) is -0.897. The molecule has 0 spiro atoms. The van der Waals surface area contributed by atoms with Gasteiger partial charge in [-0.15, -0.1) is 0 Å². The standard InChI is InChI=1S/C21H24O3/c1-2-3-4-11-16-19(20(22)17-12-7-5-8-13-17)21(23)24-18-14-9-6-10-15-18/h5-10,12-15,19H,2-4,11,16H2,1H3. The number of Topliss-reactive ketones (excluding diaryl/α,β-unsaturated/α-hetero) is 1. The van der Waals surface area contributed by atoms with E-state index >= 15 is 0 Å². The summed E-state index contributed by atoms with van der Waals surface area (Å²) in [5.41, 5.74) is 0.558. The van der Waals surface area contributed by atoms with Crippen molar-refractivity contribution in [2.75, 3.05) is 0 Å². The van der Waals surface area contributed by atoms with Crippen molar-refractivity contribution >= 4 is 11.8 Å². The molecule has 1 atom stereocenters.